The summed E-state index contributed by atoms with van der Waals surface area (Å²) in [7, 11) is 0. The van der Waals surface area contributed by atoms with E-state index in [9.17, 15) is 14.7 Å². The Kier molecular flexibility index (Phi) is 4.31. The monoisotopic (exact) mass is 403 g/mol. The van der Waals surface area contributed by atoms with E-state index in [1.807, 2.05) is 31.2 Å². The van der Waals surface area contributed by atoms with Gasteiger partial charge in [0.2, 0.25) is 0 Å². The van der Waals surface area contributed by atoms with Crippen LogP contribution in [0.4, 0.5) is 10.6 Å². The molecule has 30 heavy (non-hydrogen) atoms. The van der Waals surface area contributed by atoms with Crippen molar-refractivity contribution in [3.05, 3.63) is 71.4 Å². The summed E-state index contributed by atoms with van der Waals surface area (Å²) in [6, 6.07) is 16.1. The van der Waals surface area contributed by atoms with Crippen LogP contribution in [0.15, 0.2) is 54.7 Å². The number of carbonyl (C=O) groups is 2. The molecule has 1 aliphatic heterocycles. The zero-order valence-electron chi connectivity index (χ0n) is 16.5. The Labute approximate surface area is 173 Å². The van der Waals surface area contributed by atoms with Gasteiger partial charge in [0.15, 0.2) is 5.82 Å². The predicted molar refractivity (Wildman–Crippen MR) is 111 cm³/mol. The summed E-state index contributed by atoms with van der Waals surface area (Å²) >= 11 is 0. The predicted octanol–water partition coefficient (Wildman–Crippen LogP) is 4.13. The number of carboxylic acids is 1. The maximum Gasteiger partial charge on any atom is 0.415 e. The second-order valence-electron chi connectivity index (χ2n) is 7.72. The number of carbonyl (C=O) groups excluding carboxylic acids is 1. The van der Waals surface area contributed by atoms with Crippen LogP contribution < -0.4 is 4.90 Å². The third kappa shape index (κ3) is 2.77. The molecule has 2 heterocycles. The second kappa shape index (κ2) is 7.02. The fourth-order valence-corrected chi connectivity index (χ4v) is 4.52. The van der Waals surface area contributed by atoms with Crippen molar-refractivity contribution in [2.45, 2.75) is 31.8 Å². The molecule has 0 bridgehead atoms. The van der Waals surface area contributed by atoms with Crippen LogP contribution in [0.1, 0.15) is 40.7 Å². The number of fused-ring (bicyclic) bond motifs is 4. The van der Waals surface area contributed by atoms with Gasteiger partial charge < -0.3 is 9.84 Å². The molecule has 2 aliphatic rings. The molecule has 1 atom stereocenters. The summed E-state index contributed by atoms with van der Waals surface area (Å²) in [6.45, 7) is 2.65. The molecule has 1 aliphatic carbocycles. The van der Waals surface area contributed by atoms with Crippen LogP contribution >= 0.6 is 0 Å². The van der Waals surface area contributed by atoms with Gasteiger partial charge in [0.05, 0.1) is 6.20 Å². The van der Waals surface area contributed by atoms with Crippen molar-refractivity contribution >= 4 is 17.9 Å². The van der Waals surface area contributed by atoms with Crippen LogP contribution in [0, 0.1) is 0 Å². The third-order valence-corrected chi connectivity index (χ3v) is 6.00. The maximum atomic E-state index is 13.1. The number of amides is 1. The number of ether oxygens (including phenoxy) is 1. The Morgan fingerprint density at radius 3 is 2.37 bits per heavy atom. The smallest absolute Gasteiger partial charge is 0.415 e. The maximum absolute atomic E-state index is 13.1. The van der Waals surface area contributed by atoms with Gasteiger partial charge in [-0.1, -0.05) is 48.5 Å². The van der Waals surface area contributed by atoms with Crippen molar-refractivity contribution in [1.82, 2.24) is 9.78 Å². The average Bonchev–Trinajstić information content (AvgIpc) is 3.31. The lowest BCUT2D eigenvalue weighted by molar-refractivity contribution is 0.0697. The second-order valence-corrected chi connectivity index (χ2v) is 7.72. The summed E-state index contributed by atoms with van der Waals surface area (Å²) in [5.74, 6) is -0.870. The van der Waals surface area contributed by atoms with Crippen molar-refractivity contribution in [3.63, 3.8) is 0 Å². The zero-order chi connectivity index (χ0) is 20.8. The lowest BCUT2D eigenvalue weighted by Crippen LogP contribution is -2.45. The van der Waals surface area contributed by atoms with Crippen molar-refractivity contribution in [2.24, 2.45) is 0 Å². The van der Waals surface area contributed by atoms with Crippen LogP contribution in [0.3, 0.4) is 0 Å². The quantitative estimate of drug-likeness (QED) is 0.711. The van der Waals surface area contributed by atoms with Crippen LogP contribution in [-0.4, -0.2) is 39.6 Å². The van der Waals surface area contributed by atoms with Gasteiger partial charge >= 0.3 is 12.1 Å². The number of carboxylic acid groups (broad SMARTS) is 1. The first-order valence-electron chi connectivity index (χ1n) is 9.99. The number of aromatic carboxylic acids is 1. The molecule has 7 nitrogen and oxygen atoms in total. The largest absolute Gasteiger partial charge is 0.477 e. The van der Waals surface area contributed by atoms with Gasteiger partial charge in [-0.3, -0.25) is 4.90 Å². The fourth-order valence-electron chi connectivity index (χ4n) is 4.52. The number of aryl methyl sites for hydroxylation is 1. The van der Waals surface area contributed by atoms with Gasteiger partial charge in [-0.05, 0) is 35.6 Å². The standard InChI is InChI=1S/C23H21N3O4/c1-14-10-11-25-21(19(12-24-25)22(27)28)26(14)23(29)30-13-20-17-8-4-2-6-15(17)16-7-3-5-9-18(16)20/h2-9,12,14,20H,10-11,13H2,1H3,(H,27,28). The highest BCUT2D eigenvalue weighted by molar-refractivity contribution is 5.99. The van der Waals surface area contributed by atoms with Crippen molar-refractivity contribution < 1.29 is 19.4 Å². The Morgan fingerprint density at radius 1 is 1.10 bits per heavy atom. The molecule has 152 valence electrons. The van der Waals surface area contributed by atoms with E-state index in [4.69, 9.17) is 4.74 Å². The normalized spacial score (nSPS) is 17.2. The van der Waals surface area contributed by atoms with Gasteiger partial charge in [0, 0.05) is 18.5 Å². The van der Waals surface area contributed by atoms with E-state index in [-0.39, 0.29) is 24.1 Å². The minimum Gasteiger partial charge on any atom is -0.477 e. The Bertz CT molecular complexity index is 1110. The SMILES string of the molecule is CC1CCn2ncc(C(=O)O)c2N1C(=O)OCC1c2ccccc2-c2ccccc21. The molecular formula is C23H21N3O4. The molecular weight excluding hydrogens is 382 g/mol. The molecule has 0 radical (unpaired) electrons. The van der Waals surface area contributed by atoms with E-state index in [1.54, 1.807) is 4.68 Å². The highest BCUT2D eigenvalue weighted by atomic mass is 16.6. The van der Waals surface area contributed by atoms with E-state index < -0.39 is 12.1 Å². The van der Waals surface area contributed by atoms with Crippen LogP contribution in [0.25, 0.3) is 11.1 Å². The Morgan fingerprint density at radius 2 is 1.73 bits per heavy atom. The van der Waals surface area contributed by atoms with Crippen LogP contribution in [0.5, 0.6) is 0 Å². The number of benzene rings is 2. The minimum atomic E-state index is -1.11. The van der Waals surface area contributed by atoms with Crippen LogP contribution in [0.2, 0.25) is 0 Å². The van der Waals surface area contributed by atoms with E-state index in [0.29, 0.717) is 18.8 Å². The van der Waals surface area contributed by atoms with Gasteiger partial charge in [-0.25, -0.2) is 14.3 Å². The Hall–Kier alpha value is -3.61. The molecule has 7 heteroatoms. The summed E-state index contributed by atoms with van der Waals surface area (Å²) in [4.78, 5) is 26.1. The van der Waals surface area contributed by atoms with Gasteiger partial charge in [0.25, 0.3) is 0 Å². The highest BCUT2D eigenvalue weighted by Gasteiger charge is 2.36. The summed E-state index contributed by atoms with van der Waals surface area (Å²) in [6.07, 6.45) is 1.42. The highest BCUT2D eigenvalue weighted by Crippen LogP contribution is 2.44. The van der Waals surface area contributed by atoms with Crippen LogP contribution in [-0.2, 0) is 11.3 Å². The van der Waals surface area contributed by atoms with E-state index in [2.05, 4.69) is 29.4 Å². The van der Waals surface area contributed by atoms with Gasteiger partial charge in [-0.2, -0.15) is 5.10 Å². The van der Waals surface area contributed by atoms with Crippen molar-refractivity contribution in [2.75, 3.05) is 11.5 Å². The van der Waals surface area contributed by atoms with E-state index in [1.165, 1.54) is 11.1 Å². The fraction of sp³-hybridized carbons (Fsp3) is 0.261. The molecule has 2 aromatic carbocycles. The summed E-state index contributed by atoms with van der Waals surface area (Å²) in [5.41, 5.74) is 4.59. The molecule has 3 aromatic rings. The molecule has 1 unspecified atom stereocenters. The minimum absolute atomic E-state index is 0.00931. The first-order chi connectivity index (χ1) is 14.6. The first kappa shape index (κ1) is 18.4. The molecule has 0 fully saturated rings. The molecule has 1 aromatic heterocycles. The number of hydrogen-bond donors (Lipinski definition) is 1. The lowest BCUT2D eigenvalue weighted by atomic mass is 9.98. The molecule has 0 saturated carbocycles. The summed E-state index contributed by atoms with van der Waals surface area (Å²) < 4.78 is 7.32. The van der Waals surface area contributed by atoms with Gasteiger partial charge in [-0.15, -0.1) is 0 Å². The van der Waals surface area contributed by atoms with E-state index >= 15 is 0 Å². The Balaban J connectivity index is 1.43. The average molecular weight is 403 g/mol. The molecule has 5 rings (SSSR count). The molecule has 0 spiro atoms. The number of anilines is 1. The number of aromatic nitrogens is 2. The summed E-state index contributed by atoms with van der Waals surface area (Å²) in [5, 5.41) is 13.6. The number of nitrogens with zero attached hydrogens (tertiary/aromatic N) is 3. The third-order valence-electron chi connectivity index (χ3n) is 6.00. The number of rotatable bonds is 3. The molecule has 1 N–H and O–H groups in total. The van der Waals surface area contributed by atoms with Crippen molar-refractivity contribution in [1.29, 1.82) is 0 Å². The van der Waals surface area contributed by atoms with Gasteiger partial charge in [0.1, 0.15) is 12.2 Å². The zero-order valence-corrected chi connectivity index (χ0v) is 16.5. The lowest BCUT2D eigenvalue weighted by Gasteiger charge is -2.33. The molecule has 0 saturated heterocycles. The first-order valence-corrected chi connectivity index (χ1v) is 9.99. The van der Waals surface area contributed by atoms with E-state index in [0.717, 1.165) is 22.3 Å². The molecule has 1 amide bonds. The van der Waals surface area contributed by atoms with Crippen molar-refractivity contribution in [3.8, 4) is 11.1 Å². The number of hydrogen-bond acceptors (Lipinski definition) is 4. The topological polar surface area (TPSA) is 84.7 Å².